The number of benzene rings is 1. The van der Waals surface area contributed by atoms with Crippen LogP contribution in [0.25, 0.3) is 6.08 Å². The highest BCUT2D eigenvalue weighted by atomic mass is 16.6. The largest absolute Gasteiger partial charge is 0.491 e. The summed E-state index contributed by atoms with van der Waals surface area (Å²) in [5.74, 6) is 0.810. The van der Waals surface area contributed by atoms with Gasteiger partial charge in [0, 0.05) is 0 Å². The number of ether oxygens (including phenoxy) is 2. The Labute approximate surface area is 114 Å². The maximum atomic E-state index is 11.2. The molecule has 0 aromatic heterocycles. The van der Waals surface area contributed by atoms with Gasteiger partial charge >= 0.3 is 6.09 Å². The van der Waals surface area contributed by atoms with E-state index in [1.807, 2.05) is 25.1 Å². The molecule has 4 heteroatoms. The normalized spacial score (nSPS) is 10.1. The molecule has 0 radical (unpaired) electrons. The highest BCUT2D eigenvalue weighted by Crippen LogP contribution is 2.19. The Morgan fingerprint density at radius 3 is 2.79 bits per heavy atom. The molecule has 0 saturated heterocycles. The van der Waals surface area contributed by atoms with Crippen LogP contribution in [-0.2, 0) is 4.74 Å². The minimum atomic E-state index is -0.419. The maximum absolute atomic E-state index is 11.2. The maximum Gasteiger partial charge on any atom is 0.407 e. The van der Waals surface area contributed by atoms with Crippen LogP contribution in [0.4, 0.5) is 4.79 Å². The van der Waals surface area contributed by atoms with E-state index in [1.54, 1.807) is 19.9 Å². The fourth-order valence-corrected chi connectivity index (χ4v) is 1.53. The second-order valence-corrected chi connectivity index (χ2v) is 4.46. The molecule has 0 aliphatic carbocycles. The molecule has 0 unspecified atom stereocenters. The first-order valence-corrected chi connectivity index (χ1v) is 6.33. The zero-order chi connectivity index (χ0) is 14.3. The van der Waals surface area contributed by atoms with Crippen molar-refractivity contribution in [2.45, 2.75) is 26.9 Å². The Morgan fingerprint density at radius 1 is 1.47 bits per heavy atom. The van der Waals surface area contributed by atoms with Crippen molar-refractivity contribution in [3.63, 3.8) is 0 Å². The fourth-order valence-electron chi connectivity index (χ4n) is 1.53. The van der Waals surface area contributed by atoms with Crippen molar-refractivity contribution in [3.8, 4) is 5.75 Å². The second kappa shape index (κ2) is 7.46. The molecule has 4 nitrogen and oxygen atoms in total. The zero-order valence-corrected chi connectivity index (χ0v) is 11.7. The van der Waals surface area contributed by atoms with Crippen LogP contribution in [0, 0.1) is 6.92 Å². The van der Waals surface area contributed by atoms with Crippen LogP contribution in [0.2, 0.25) is 0 Å². The summed E-state index contributed by atoms with van der Waals surface area (Å²) in [6.07, 6.45) is 1.26. The Morgan fingerprint density at radius 2 is 2.21 bits per heavy atom. The van der Waals surface area contributed by atoms with E-state index in [0.717, 1.165) is 16.9 Å². The molecule has 1 rings (SSSR count). The van der Waals surface area contributed by atoms with Crippen LogP contribution in [0.5, 0.6) is 5.75 Å². The molecule has 0 fully saturated rings. The van der Waals surface area contributed by atoms with E-state index in [4.69, 9.17) is 9.47 Å². The molecule has 0 aliphatic heterocycles. The summed E-state index contributed by atoms with van der Waals surface area (Å²) in [6, 6.07) is 5.84. The van der Waals surface area contributed by atoms with Crippen molar-refractivity contribution < 1.29 is 14.3 Å². The average molecular weight is 263 g/mol. The van der Waals surface area contributed by atoms with Crippen LogP contribution in [0.15, 0.2) is 24.8 Å². The molecular formula is C15H21NO3. The standard InChI is InChI=1S/C15H21NO3/c1-5-13-6-7-14(12(4)10-13)18-9-8-16-15(17)19-11(2)3/h5-7,10-11H,1,8-9H2,2-4H3,(H,16,17). The summed E-state index contributed by atoms with van der Waals surface area (Å²) >= 11 is 0. The van der Waals surface area contributed by atoms with E-state index >= 15 is 0 Å². The summed E-state index contributed by atoms with van der Waals surface area (Å²) in [6.45, 7) is 10.1. The van der Waals surface area contributed by atoms with Gasteiger partial charge in [-0.1, -0.05) is 18.7 Å². The van der Waals surface area contributed by atoms with Gasteiger partial charge in [0.25, 0.3) is 0 Å². The summed E-state index contributed by atoms with van der Waals surface area (Å²) in [7, 11) is 0. The van der Waals surface area contributed by atoms with Crippen molar-refractivity contribution in [2.24, 2.45) is 0 Å². The third-order valence-corrected chi connectivity index (χ3v) is 2.41. The predicted molar refractivity (Wildman–Crippen MR) is 76.4 cm³/mol. The zero-order valence-electron chi connectivity index (χ0n) is 11.7. The second-order valence-electron chi connectivity index (χ2n) is 4.46. The van der Waals surface area contributed by atoms with E-state index in [2.05, 4.69) is 11.9 Å². The van der Waals surface area contributed by atoms with Crippen molar-refractivity contribution in [2.75, 3.05) is 13.2 Å². The van der Waals surface area contributed by atoms with Gasteiger partial charge in [-0.3, -0.25) is 0 Å². The molecule has 19 heavy (non-hydrogen) atoms. The first kappa shape index (κ1) is 15.1. The lowest BCUT2D eigenvalue weighted by molar-refractivity contribution is 0.114. The van der Waals surface area contributed by atoms with E-state index in [1.165, 1.54) is 0 Å². The fraction of sp³-hybridized carbons (Fsp3) is 0.400. The van der Waals surface area contributed by atoms with E-state index < -0.39 is 6.09 Å². The molecular weight excluding hydrogens is 242 g/mol. The number of rotatable bonds is 6. The Hall–Kier alpha value is -1.97. The number of hydrogen-bond donors (Lipinski definition) is 1. The first-order valence-electron chi connectivity index (χ1n) is 6.33. The lowest BCUT2D eigenvalue weighted by atomic mass is 10.1. The SMILES string of the molecule is C=Cc1ccc(OCCNC(=O)OC(C)C)c(C)c1. The van der Waals surface area contributed by atoms with Gasteiger partial charge in [-0.25, -0.2) is 4.79 Å². The van der Waals surface area contributed by atoms with Gasteiger partial charge in [-0.05, 0) is 44.0 Å². The molecule has 0 aliphatic rings. The number of carbonyl (C=O) groups is 1. The van der Waals surface area contributed by atoms with Crippen molar-refractivity contribution in [1.29, 1.82) is 0 Å². The van der Waals surface area contributed by atoms with Crippen molar-refractivity contribution in [1.82, 2.24) is 5.32 Å². The third kappa shape index (κ3) is 5.46. The van der Waals surface area contributed by atoms with E-state index in [0.29, 0.717) is 13.2 Å². The average Bonchev–Trinajstić information content (AvgIpc) is 2.35. The Bertz CT molecular complexity index is 441. The number of carbonyl (C=O) groups excluding carboxylic acids is 1. The molecule has 1 amide bonds. The minimum Gasteiger partial charge on any atom is -0.491 e. The highest BCUT2D eigenvalue weighted by molar-refractivity contribution is 5.67. The number of amides is 1. The molecule has 1 aromatic carbocycles. The molecule has 1 aromatic rings. The van der Waals surface area contributed by atoms with Crippen molar-refractivity contribution >= 4 is 12.2 Å². The van der Waals surface area contributed by atoms with Crippen molar-refractivity contribution in [3.05, 3.63) is 35.9 Å². The summed E-state index contributed by atoms with van der Waals surface area (Å²) in [5.41, 5.74) is 2.10. The number of hydrogen-bond acceptors (Lipinski definition) is 3. The molecule has 0 spiro atoms. The van der Waals surface area contributed by atoms with Gasteiger partial charge in [0.1, 0.15) is 12.4 Å². The highest BCUT2D eigenvalue weighted by Gasteiger charge is 2.04. The Balaban J connectivity index is 2.33. The number of aryl methyl sites for hydroxylation is 1. The molecule has 1 N–H and O–H groups in total. The van der Waals surface area contributed by atoms with E-state index in [-0.39, 0.29) is 6.10 Å². The molecule has 0 heterocycles. The van der Waals surface area contributed by atoms with Crippen LogP contribution >= 0.6 is 0 Å². The predicted octanol–water partition coefficient (Wildman–Crippen LogP) is 3.15. The first-order chi connectivity index (χ1) is 9.02. The third-order valence-electron chi connectivity index (χ3n) is 2.41. The lowest BCUT2D eigenvalue weighted by Gasteiger charge is -2.11. The van der Waals surface area contributed by atoms with Gasteiger partial charge in [-0.15, -0.1) is 0 Å². The monoisotopic (exact) mass is 263 g/mol. The molecule has 104 valence electrons. The van der Waals surface area contributed by atoms with E-state index in [9.17, 15) is 4.79 Å². The summed E-state index contributed by atoms with van der Waals surface area (Å²) < 4.78 is 10.5. The summed E-state index contributed by atoms with van der Waals surface area (Å²) in [4.78, 5) is 11.2. The quantitative estimate of drug-likeness (QED) is 0.802. The van der Waals surface area contributed by atoms with Crippen LogP contribution in [-0.4, -0.2) is 25.3 Å². The van der Waals surface area contributed by atoms with Gasteiger partial charge in [0.05, 0.1) is 12.6 Å². The minimum absolute atomic E-state index is 0.116. The molecule has 0 bridgehead atoms. The molecule has 0 atom stereocenters. The van der Waals surface area contributed by atoms with Gasteiger partial charge in [0.15, 0.2) is 0 Å². The topological polar surface area (TPSA) is 47.6 Å². The van der Waals surface area contributed by atoms with Crippen LogP contribution in [0.3, 0.4) is 0 Å². The number of alkyl carbamates (subject to hydrolysis) is 1. The van der Waals surface area contributed by atoms with Gasteiger partial charge in [-0.2, -0.15) is 0 Å². The smallest absolute Gasteiger partial charge is 0.407 e. The summed E-state index contributed by atoms with van der Waals surface area (Å²) in [5, 5.41) is 2.62. The molecule has 0 saturated carbocycles. The lowest BCUT2D eigenvalue weighted by Crippen LogP contribution is -2.30. The van der Waals surface area contributed by atoms with Gasteiger partial charge in [0.2, 0.25) is 0 Å². The van der Waals surface area contributed by atoms with Gasteiger partial charge < -0.3 is 14.8 Å². The van der Waals surface area contributed by atoms with Crippen LogP contribution in [0.1, 0.15) is 25.0 Å². The number of nitrogens with one attached hydrogen (secondary N) is 1. The van der Waals surface area contributed by atoms with Crippen LogP contribution < -0.4 is 10.1 Å². The Kier molecular flexibility index (Phi) is 5.93.